The topological polar surface area (TPSA) is 36.4 Å². The number of hydrogen-bond donors (Lipinski definition) is 1. The van der Waals surface area contributed by atoms with Gasteiger partial charge >= 0.3 is 0 Å². The van der Waals surface area contributed by atoms with Crippen LogP contribution in [-0.2, 0) is 0 Å². The molecule has 3 nitrogen and oxygen atoms in total. The fourth-order valence-electron chi connectivity index (χ4n) is 3.02. The highest BCUT2D eigenvalue weighted by Gasteiger charge is 2.20. The number of halogens is 1. The fourth-order valence-corrected chi connectivity index (χ4v) is 3.24. The summed E-state index contributed by atoms with van der Waals surface area (Å²) in [6, 6.07) is 7.98. The first-order valence-electron chi connectivity index (χ1n) is 7.18. The largest absolute Gasteiger partial charge is 0.396 e. The highest BCUT2D eigenvalue weighted by molar-refractivity contribution is 6.35. The van der Waals surface area contributed by atoms with Crippen molar-refractivity contribution in [1.29, 1.82) is 0 Å². The number of benzene rings is 1. The number of pyridine rings is 1. The quantitative estimate of drug-likeness (QED) is 0.940. The second kappa shape index (κ2) is 5.98. The van der Waals surface area contributed by atoms with Crippen LogP contribution in [0.25, 0.3) is 10.9 Å². The molecule has 1 aliphatic heterocycles. The first-order valence-corrected chi connectivity index (χ1v) is 7.56. The highest BCUT2D eigenvalue weighted by atomic mass is 35.5. The van der Waals surface area contributed by atoms with Crippen LogP contribution in [0, 0.1) is 5.92 Å². The van der Waals surface area contributed by atoms with Crippen LogP contribution in [0.3, 0.4) is 0 Å². The van der Waals surface area contributed by atoms with Crippen molar-refractivity contribution < 1.29 is 5.11 Å². The molecule has 0 atom stereocenters. The Labute approximate surface area is 124 Å². The smallest absolute Gasteiger partial charge is 0.0950 e. The van der Waals surface area contributed by atoms with Gasteiger partial charge in [-0.15, -0.1) is 0 Å². The molecule has 4 heteroatoms. The number of anilines is 1. The summed E-state index contributed by atoms with van der Waals surface area (Å²) in [4.78, 5) is 6.89. The zero-order valence-corrected chi connectivity index (χ0v) is 12.2. The van der Waals surface area contributed by atoms with Crippen molar-refractivity contribution in [2.24, 2.45) is 5.92 Å². The van der Waals surface area contributed by atoms with Crippen molar-refractivity contribution in [2.75, 3.05) is 24.6 Å². The maximum Gasteiger partial charge on any atom is 0.0950 e. The number of fused-ring (bicyclic) bond motifs is 1. The van der Waals surface area contributed by atoms with E-state index in [2.05, 4.69) is 16.0 Å². The zero-order chi connectivity index (χ0) is 13.9. The molecule has 2 heterocycles. The Morgan fingerprint density at radius 3 is 2.80 bits per heavy atom. The van der Waals surface area contributed by atoms with Gasteiger partial charge in [0.25, 0.3) is 0 Å². The molecule has 0 bridgehead atoms. The van der Waals surface area contributed by atoms with E-state index < -0.39 is 0 Å². The normalized spacial score (nSPS) is 16.8. The van der Waals surface area contributed by atoms with Crippen LogP contribution in [-0.4, -0.2) is 29.8 Å². The predicted octanol–water partition coefficient (Wildman–Crippen LogP) is 3.49. The molecule has 20 heavy (non-hydrogen) atoms. The van der Waals surface area contributed by atoms with Crippen LogP contribution in [0.1, 0.15) is 19.3 Å². The molecule has 3 rings (SSSR count). The molecule has 1 N–H and O–H groups in total. The van der Waals surface area contributed by atoms with Crippen LogP contribution in [0.5, 0.6) is 0 Å². The molecule has 1 fully saturated rings. The van der Waals surface area contributed by atoms with Crippen molar-refractivity contribution in [3.8, 4) is 0 Å². The van der Waals surface area contributed by atoms with E-state index in [0.717, 1.165) is 48.3 Å². The molecular weight excluding hydrogens is 272 g/mol. The van der Waals surface area contributed by atoms with Crippen LogP contribution in [0.2, 0.25) is 5.02 Å². The summed E-state index contributed by atoms with van der Waals surface area (Å²) in [6.45, 7) is 2.35. The average molecular weight is 291 g/mol. The third-order valence-electron chi connectivity index (χ3n) is 4.19. The predicted molar refractivity (Wildman–Crippen MR) is 83.4 cm³/mol. The summed E-state index contributed by atoms with van der Waals surface area (Å²) >= 11 is 6.25. The molecule has 0 aliphatic carbocycles. The Balaban J connectivity index is 1.87. The lowest BCUT2D eigenvalue weighted by Crippen LogP contribution is -2.34. The van der Waals surface area contributed by atoms with Gasteiger partial charge in [-0.25, -0.2) is 0 Å². The van der Waals surface area contributed by atoms with E-state index >= 15 is 0 Å². The number of hydrogen-bond acceptors (Lipinski definition) is 3. The van der Waals surface area contributed by atoms with Crippen molar-refractivity contribution in [3.63, 3.8) is 0 Å². The van der Waals surface area contributed by atoms with Crippen LogP contribution in [0.4, 0.5) is 5.69 Å². The van der Waals surface area contributed by atoms with Crippen LogP contribution < -0.4 is 4.90 Å². The minimum absolute atomic E-state index is 0.302. The molecule has 0 radical (unpaired) electrons. The molecule has 0 amide bonds. The summed E-state index contributed by atoms with van der Waals surface area (Å²) in [5.74, 6) is 0.655. The van der Waals surface area contributed by atoms with Crippen molar-refractivity contribution in [3.05, 3.63) is 35.5 Å². The van der Waals surface area contributed by atoms with Crippen molar-refractivity contribution in [2.45, 2.75) is 19.3 Å². The van der Waals surface area contributed by atoms with Crippen LogP contribution >= 0.6 is 11.6 Å². The molecule has 0 saturated carbocycles. The molecule has 0 spiro atoms. The second-order valence-electron chi connectivity index (χ2n) is 5.41. The minimum atomic E-state index is 0.302. The Morgan fingerprint density at radius 2 is 2.05 bits per heavy atom. The number of aromatic nitrogens is 1. The maximum atomic E-state index is 9.04. The number of nitrogens with zero attached hydrogens (tertiary/aromatic N) is 2. The number of piperidine rings is 1. The number of aliphatic hydroxyl groups excluding tert-OH is 1. The summed E-state index contributed by atoms with van der Waals surface area (Å²) in [5, 5.41) is 10.8. The maximum absolute atomic E-state index is 9.04. The van der Waals surface area contributed by atoms with Gasteiger partial charge < -0.3 is 10.0 Å². The van der Waals surface area contributed by atoms with Gasteiger partial charge in [0.1, 0.15) is 0 Å². The van der Waals surface area contributed by atoms with Gasteiger partial charge in [-0.1, -0.05) is 11.6 Å². The lowest BCUT2D eigenvalue weighted by atomic mass is 9.93. The van der Waals surface area contributed by atoms with Crippen molar-refractivity contribution in [1.82, 2.24) is 4.98 Å². The van der Waals surface area contributed by atoms with E-state index in [-0.39, 0.29) is 0 Å². The van der Waals surface area contributed by atoms with E-state index in [1.165, 1.54) is 5.69 Å². The Hall–Kier alpha value is -1.32. The number of rotatable bonds is 3. The summed E-state index contributed by atoms with van der Waals surface area (Å²) < 4.78 is 0. The van der Waals surface area contributed by atoms with Gasteiger partial charge in [0.15, 0.2) is 0 Å². The lowest BCUT2D eigenvalue weighted by Gasteiger charge is -2.33. The summed E-state index contributed by atoms with van der Waals surface area (Å²) in [5.41, 5.74) is 2.16. The van der Waals surface area contributed by atoms with E-state index in [1.54, 1.807) is 0 Å². The second-order valence-corrected chi connectivity index (χ2v) is 5.82. The Bertz CT molecular complexity index is 594. The van der Waals surface area contributed by atoms with Crippen LogP contribution in [0.15, 0.2) is 30.5 Å². The van der Waals surface area contributed by atoms with Gasteiger partial charge in [0.2, 0.25) is 0 Å². The SMILES string of the molecule is OCCC1CCN(c2ccc(Cl)c3cccnc23)CC1. The highest BCUT2D eigenvalue weighted by Crippen LogP contribution is 2.33. The van der Waals surface area contributed by atoms with Gasteiger partial charge in [0.05, 0.1) is 16.2 Å². The lowest BCUT2D eigenvalue weighted by molar-refractivity contribution is 0.240. The molecule has 1 saturated heterocycles. The Kier molecular flexibility index (Phi) is 4.08. The average Bonchev–Trinajstić information content (AvgIpc) is 2.49. The van der Waals surface area contributed by atoms with Gasteiger partial charge in [0, 0.05) is 31.3 Å². The first-order chi connectivity index (χ1) is 9.79. The van der Waals surface area contributed by atoms with E-state index in [9.17, 15) is 0 Å². The number of aliphatic hydroxyl groups is 1. The molecule has 0 unspecified atom stereocenters. The van der Waals surface area contributed by atoms with Gasteiger partial charge in [-0.05, 0) is 49.4 Å². The minimum Gasteiger partial charge on any atom is -0.396 e. The van der Waals surface area contributed by atoms with E-state index in [0.29, 0.717) is 12.5 Å². The molecule has 1 aromatic heterocycles. The van der Waals surface area contributed by atoms with Gasteiger partial charge in [-0.2, -0.15) is 0 Å². The monoisotopic (exact) mass is 290 g/mol. The van der Waals surface area contributed by atoms with E-state index in [1.807, 2.05) is 24.4 Å². The molecule has 1 aromatic carbocycles. The molecular formula is C16H19ClN2O. The summed E-state index contributed by atoms with van der Waals surface area (Å²) in [7, 11) is 0. The molecule has 106 valence electrons. The van der Waals surface area contributed by atoms with Crippen molar-refractivity contribution >= 4 is 28.2 Å². The molecule has 1 aliphatic rings. The standard InChI is InChI=1S/C16H19ClN2O/c17-14-3-4-15(16-13(14)2-1-8-18-16)19-9-5-12(6-10-19)7-11-20/h1-4,8,12,20H,5-7,9-11H2. The van der Waals surface area contributed by atoms with E-state index in [4.69, 9.17) is 16.7 Å². The third kappa shape index (κ3) is 2.60. The first kappa shape index (κ1) is 13.7. The third-order valence-corrected chi connectivity index (χ3v) is 4.52. The fraction of sp³-hybridized carbons (Fsp3) is 0.438. The zero-order valence-electron chi connectivity index (χ0n) is 11.4. The molecule has 2 aromatic rings. The Morgan fingerprint density at radius 1 is 1.25 bits per heavy atom. The summed E-state index contributed by atoms with van der Waals surface area (Å²) in [6.07, 6.45) is 5.02. The van der Waals surface area contributed by atoms with Gasteiger partial charge in [-0.3, -0.25) is 4.98 Å².